The molecule has 0 fully saturated rings. The Morgan fingerprint density at radius 2 is 0.871 bits per heavy atom. The van der Waals surface area contributed by atoms with Crippen LogP contribution in [0.5, 0.6) is 0 Å². The molecule has 2 heteroatoms. The van der Waals surface area contributed by atoms with E-state index in [1.807, 2.05) is 12.1 Å². The Labute approximate surface area is 182 Å². The highest BCUT2D eigenvalue weighted by atomic mass is 15.0. The molecule has 0 bridgehead atoms. The lowest BCUT2D eigenvalue weighted by Gasteiger charge is -2.12. The summed E-state index contributed by atoms with van der Waals surface area (Å²) in [6.45, 7) is 0. The molecule has 0 saturated carbocycles. The fourth-order valence-electron chi connectivity index (χ4n) is 3.94. The van der Waals surface area contributed by atoms with E-state index in [0.29, 0.717) is 0 Å². The largest absolute Gasteiger partial charge is 0.399 e. The van der Waals surface area contributed by atoms with Crippen LogP contribution < -0.4 is 10.3 Å². The van der Waals surface area contributed by atoms with Crippen LogP contribution in [0, 0.1) is 0 Å². The first-order chi connectivity index (χ1) is 15.3. The van der Waals surface area contributed by atoms with Crippen molar-refractivity contribution in [1.29, 1.82) is 0 Å². The minimum absolute atomic E-state index is 0.769. The molecular formula is C29H23N2+. The second-order valence-corrected chi connectivity index (χ2v) is 7.54. The third-order valence-corrected chi connectivity index (χ3v) is 5.46. The Morgan fingerprint density at radius 1 is 0.419 bits per heavy atom. The molecule has 1 heterocycles. The van der Waals surface area contributed by atoms with Gasteiger partial charge in [0, 0.05) is 41.1 Å². The Balaban J connectivity index is 1.86. The molecule has 0 saturated heterocycles. The van der Waals surface area contributed by atoms with Crippen LogP contribution in [0.25, 0.3) is 39.3 Å². The number of hydrogen-bond donors (Lipinski definition) is 1. The number of nitrogens with two attached hydrogens (primary N) is 1. The van der Waals surface area contributed by atoms with Crippen LogP contribution in [-0.2, 0) is 0 Å². The second kappa shape index (κ2) is 8.29. The van der Waals surface area contributed by atoms with Crippen molar-refractivity contribution < 1.29 is 4.57 Å². The standard InChI is InChI=1S/C29H22N2/c30-26-18-16-22(17-19-26)25-20-28(23-10-4-1-5-11-23)31(27-14-8-3-9-15-27)29(21-25)24-12-6-2-7-13-24/h1-21,30H/p+1. The van der Waals surface area contributed by atoms with Crippen LogP contribution in [0.2, 0.25) is 0 Å². The molecule has 31 heavy (non-hydrogen) atoms. The van der Waals surface area contributed by atoms with Gasteiger partial charge >= 0.3 is 0 Å². The first kappa shape index (κ1) is 18.8. The number of para-hydroxylation sites is 1. The van der Waals surface area contributed by atoms with Gasteiger partial charge in [0.15, 0.2) is 0 Å². The third kappa shape index (κ3) is 3.84. The molecule has 0 aliphatic heterocycles. The topological polar surface area (TPSA) is 29.9 Å². The van der Waals surface area contributed by atoms with Crippen molar-refractivity contribution in [2.75, 3.05) is 5.73 Å². The molecule has 2 nitrogen and oxygen atoms in total. The Morgan fingerprint density at radius 3 is 1.35 bits per heavy atom. The number of benzene rings is 4. The summed E-state index contributed by atoms with van der Waals surface area (Å²) in [6, 6.07) is 44.2. The number of rotatable bonds is 4. The molecule has 0 spiro atoms. The van der Waals surface area contributed by atoms with Gasteiger partial charge in [0.2, 0.25) is 17.1 Å². The molecule has 1 aromatic heterocycles. The zero-order chi connectivity index (χ0) is 21.0. The van der Waals surface area contributed by atoms with Gasteiger partial charge in [0.1, 0.15) is 0 Å². The fraction of sp³-hybridized carbons (Fsp3) is 0. The van der Waals surface area contributed by atoms with Crippen LogP contribution in [0.15, 0.2) is 127 Å². The van der Waals surface area contributed by atoms with Gasteiger partial charge in [-0.3, -0.25) is 0 Å². The highest BCUT2D eigenvalue weighted by molar-refractivity contribution is 5.75. The van der Waals surface area contributed by atoms with Crippen molar-refractivity contribution in [2.24, 2.45) is 0 Å². The van der Waals surface area contributed by atoms with Crippen molar-refractivity contribution in [3.8, 4) is 39.3 Å². The van der Waals surface area contributed by atoms with E-state index in [4.69, 9.17) is 5.73 Å². The summed E-state index contributed by atoms with van der Waals surface area (Å²) in [7, 11) is 0. The summed E-state index contributed by atoms with van der Waals surface area (Å²) < 4.78 is 2.34. The Kier molecular flexibility index (Phi) is 5.04. The zero-order valence-electron chi connectivity index (χ0n) is 17.1. The van der Waals surface area contributed by atoms with Gasteiger partial charge in [-0.05, 0) is 47.5 Å². The number of nitrogens with zero attached hydrogens (tertiary/aromatic N) is 1. The first-order valence-electron chi connectivity index (χ1n) is 10.4. The van der Waals surface area contributed by atoms with E-state index in [1.165, 1.54) is 11.1 Å². The summed E-state index contributed by atoms with van der Waals surface area (Å²) in [4.78, 5) is 0. The minimum atomic E-state index is 0.769. The molecule has 4 aromatic carbocycles. The van der Waals surface area contributed by atoms with Gasteiger partial charge in [-0.1, -0.05) is 66.7 Å². The van der Waals surface area contributed by atoms with E-state index in [0.717, 1.165) is 33.9 Å². The molecule has 148 valence electrons. The second-order valence-electron chi connectivity index (χ2n) is 7.54. The van der Waals surface area contributed by atoms with Crippen LogP contribution in [-0.4, -0.2) is 0 Å². The average Bonchev–Trinajstić information content (AvgIpc) is 2.85. The molecule has 0 aliphatic rings. The van der Waals surface area contributed by atoms with E-state index in [2.05, 4.69) is 120 Å². The fourth-order valence-corrected chi connectivity index (χ4v) is 3.94. The summed E-state index contributed by atoms with van der Waals surface area (Å²) >= 11 is 0. The number of aromatic nitrogens is 1. The molecule has 0 amide bonds. The number of hydrogen-bond acceptors (Lipinski definition) is 1. The third-order valence-electron chi connectivity index (χ3n) is 5.46. The van der Waals surface area contributed by atoms with Gasteiger partial charge in [0.05, 0.1) is 0 Å². The lowest BCUT2D eigenvalue weighted by atomic mass is 9.98. The molecule has 0 aliphatic carbocycles. The zero-order valence-corrected chi connectivity index (χ0v) is 17.1. The van der Waals surface area contributed by atoms with E-state index < -0.39 is 0 Å². The molecule has 5 aromatic rings. The number of pyridine rings is 1. The van der Waals surface area contributed by atoms with E-state index in [1.54, 1.807) is 0 Å². The van der Waals surface area contributed by atoms with Crippen molar-refractivity contribution in [3.63, 3.8) is 0 Å². The predicted molar refractivity (Wildman–Crippen MR) is 129 cm³/mol. The normalized spacial score (nSPS) is 10.7. The van der Waals surface area contributed by atoms with Crippen LogP contribution in [0.4, 0.5) is 5.69 Å². The van der Waals surface area contributed by atoms with Crippen molar-refractivity contribution >= 4 is 5.69 Å². The van der Waals surface area contributed by atoms with Crippen molar-refractivity contribution in [3.05, 3.63) is 127 Å². The van der Waals surface area contributed by atoms with Gasteiger partial charge in [-0.15, -0.1) is 0 Å². The monoisotopic (exact) mass is 399 g/mol. The van der Waals surface area contributed by atoms with Crippen LogP contribution in [0.1, 0.15) is 0 Å². The summed E-state index contributed by atoms with van der Waals surface area (Å²) in [6.07, 6.45) is 0. The summed E-state index contributed by atoms with van der Waals surface area (Å²) in [5.74, 6) is 0. The lowest BCUT2D eigenvalue weighted by Crippen LogP contribution is -2.36. The summed E-state index contributed by atoms with van der Waals surface area (Å²) in [5, 5.41) is 0. The van der Waals surface area contributed by atoms with Crippen LogP contribution >= 0.6 is 0 Å². The van der Waals surface area contributed by atoms with E-state index in [9.17, 15) is 0 Å². The minimum Gasteiger partial charge on any atom is -0.399 e. The van der Waals surface area contributed by atoms with Crippen molar-refractivity contribution in [1.82, 2.24) is 0 Å². The molecule has 0 unspecified atom stereocenters. The van der Waals surface area contributed by atoms with E-state index >= 15 is 0 Å². The molecule has 5 rings (SSSR count). The quantitative estimate of drug-likeness (QED) is 0.270. The Bertz CT molecular complexity index is 1230. The molecule has 2 N–H and O–H groups in total. The highest BCUT2D eigenvalue weighted by Crippen LogP contribution is 2.30. The van der Waals surface area contributed by atoms with Gasteiger partial charge < -0.3 is 5.73 Å². The Hall–Kier alpha value is -4.17. The van der Waals surface area contributed by atoms with Crippen molar-refractivity contribution in [2.45, 2.75) is 0 Å². The average molecular weight is 400 g/mol. The van der Waals surface area contributed by atoms with Crippen LogP contribution in [0.3, 0.4) is 0 Å². The van der Waals surface area contributed by atoms with E-state index in [-0.39, 0.29) is 0 Å². The lowest BCUT2D eigenvalue weighted by molar-refractivity contribution is -0.572. The SMILES string of the molecule is Nc1ccc(-c2cc(-c3ccccc3)[n+](-c3ccccc3)c(-c3ccccc3)c2)cc1. The maximum atomic E-state index is 5.94. The summed E-state index contributed by atoms with van der Waals surface area (Å²) in [5.41, 5.74) is 14.8. The van der Waals surface area contributed by atoms with Gasteiger partial charge in [-0.25, -0.2) is 0 Å². The predicted octanol–water partition coefficient (Wildman–Crippen LogP) is 6.55. The molecule has 0 radical (unpaired) electrons. The smallest absolute Gasteiger partial charge is 0.219 e. The maximum absolute atomic E-state index is 5.94. The number of nitrogen functional groups attached to an aromatic ring is 1. The highest BCUT2D eigenvalue weighted by Gasteiger charge is 2.24. The molecular weight excluding hydrogens is 376 g/mol. The van der Waals surface area contributed by atoms with Gasteiger partial charge in [-0.2, -0.15) is 4.57 Å². The van der Waals surface area contributed by atoms with Gasteiger partial charge in [0.25, 0.3) is 0 Å². The number of anilines is 1. The maximum Gasteiger partial charge on any atom is 0.219 e. The molecule has 0 atom stereocenters. The first-order valence-corrected chi connectivity index (χ1v) is 10.4.